The number of nitrogens with one attached hydrogen (secondary N) is 1. The standard InChI is InChI=1S/C20H20N2O5/c1-25-16-6-3-2-5-15(16)22-19(23)12-14(20(22)24)21-13-7-8-17-18(11-13)27-10-4-9-26-17/h2-3,5-8,11,14,21H,4,9-10,12H2,1H3. The van der Waals surface area contributed by atoms with Crippen LogP contribution in [0.1, 0.15) is 12.8 Å². The molecule has 2 aromatic rings. The van der Waals surface area contributed by atoms with Crippen LogP contribution in [0.3, 0.4) is 0 Å². The Kier molecular flexibility index (Phi) is 4.58. The summed E-state index contributed by atoms with van der Waals surface area (Å²) in [6.45, 7) is 1.20. The Bertz CT molecular complexity index is 882. The highest BCUT2D eigenvalue weighted by atomic mass is 16.5. The Morgan fingerprint density at radius 3 is 2.67 bits per heavy atom. The molecule has 1 atom stereocenters. The van der Waals surface area contributed by atoms with Gasteiger partial charge in [-0.05, 0) is 24.3 Å². The van der Waals surface area contributed by atoms with Crippen molar-refractivity contribution in [1.29, 1.82) is 0 Å². The lowest BCUT2D eigenvalue weighted by Crippen LogP contribution is -2.35. The molecule has 1 fully saturated rings. The third kappa shape index (κ3) is 3.28. The highest BCUT2D eigenvalue weighted by Gasteiger charge is 2.40. The van der Waals surface area contributed by atoms with Gasteiger partial charge >= 0.3 is 0 Å². The Balaban J connectivity index is 1.55. The molecule has 0 spiro atoms. The Hall–Kier alpha value is -3.22. The van der Waals surface area contributed by atoms with Gasteiger partial charge in [0.1, 0.15) is 11.8 Å². The number of para-hydroxylation sites is 2. The fraction of sp³-hybridized carbons (Fsp3) is 0.300. The van der Waals surface area contributed by atoms with E-state index in [4.69, 9.17) is 14.2 Å². The number of carbonyl (C=O) groups excluding carboxylic acids is 2. The topological polar surface area (TPSA) is 77.1 Å². The Morgan fingerprint density at radius 1 is 1.07 bits per heavy atom. The van der Waals surface area contributed by atoms with Crippen molar-refractivity contribution in [2.24, 2.45) is 0 Å². The summed E-state index contributed by atoms with van der Waals surface area (Å²) in [5.74, 6) is 1.22. The fourth-order valence-corrected chi connectivity index (χ4v) is 3.27. The number of imide groups is 1. The first-order valence-electron chi connectivity index (χ1n) is 8.83. The van der Waals surface area contributed by atoms with Gasteiger partial charge in [-0.2, -0.15) is 0 Å². The summed E-state index contributed by atoms with van der Waals surface area (Å²) in [7, 11) is 1.51. The van der Waals surface area contributed by atoms with Crippen LogP contribution in [0.5, 0.6) is 17.2 Å². The van der Waals surface area contributed by atoms with Crippen molar-refractivity contribution < 1.29 is 23.8 Å². The van der Waals surface area contributed by atoms with Crippen molar-refractivity contribution in [2.75, 3.05) is 30.5 Å². The summed E-state index contributed by atoms with van der Waals surface area (Å²) in [4.78, 5) is 26.5. The molecule has 27 heavy (non-hydrogen) atoms. The molecule has 0 saturated carbocycles. The maximum absolute atomic E-state index is 12.9. The second kappa shape index (κ2) is 7.19. The van der Waals surface area contributed by atoms with Crippen molar-refractivity contribution in [2.45, 2.75) is 18.9 Å². The minimum atomic E-state index is -0.646. The molecular weight excluding hydrogens is 348 g/mol. The molecule has 0 aliphatic carbocycles. The largest absolute Gasteiger partial charge is 0.495 e. The van der Waals surface area contributed by atoms with E-state index in [1.54, 1.807) is 30.3 Å². The van der Waals surface area contributed by atoms with Crippen LogP contribution in [-0.2, 0) is 9.59 Å². The highest BCUT2D eigenvalue weighted by Crippen LogP contribution is 2.35. The average Bonchev–Trinajstić information content (AvgIpc) is 2.85. The van der Waals surface area contributed by atoms with Crippen LogP contribution in [0.4, 0.5) is 11.4 Å². The lowest BCUT2D eigenvalue weighted by molar-refractivity contribution is -0.121. The van der Waals surface area contributed by atoms with Crippen molar-refractivity contribution in [3.8, 4) is 17.2 Å². The molecule has 0 aromatic heterocycles. The first kappa shape index (κ1) is 17.2. The third-order valence-electron chi connectivity index (χ3n) is 4.56. The molecule has 0 radical (unpaired) electrons. The molecule has 4 rings (SSSR count). The predicted molar refractivity (Wildman–Crippen MR) is 99.6 cm³/mol. The molecule has 1 saturated heterocycles. The zero-order valence-electron chi connectivity index (χ0n) is 14.9. The second-order valence-electron chi connectivity index (χ2n) is 6.35. The fourth-order valence-electron chi connectivity index (χ4n) is 3.27. The molecule has 2 heterocycles. The summed E-state index contributed by atoms with van der Waals surface area (Å²) in [6, 6.07) is 11.8. The van der Waals surface area contributed by atoms with Gasteiger partial charge < -0.3 is 19.5 Å². The van der Waals surface area contributed by atoms with E-state index in [0.717, 1.165) is 6.42 Å². The van der Waals surface area contributed by atoms with Crippen LogP contribution in [0, 0.1) is 0 Å². The number of hydrogen-bond donors (Lipinski definition) is 1. The first-order valence-corrected chi connectivity index (χ1v) is 8.83. The number of anilines is 2. The van der Waals surface area contributed by atoms with E-state index in [2.05, 4.69) is 5.32 Å². The van der Waals surface area contributed by atoms with Gasteiger partial charge in [-0.25, -0.2) is 4.90 Å². The Morgan fingerprint density at radius 2 is 1.85 bits per heavy atom. The molecule has 7 nitrogen and oxygen atoms in total. The van der Waals surface area contributed by atoms with E-state index in [0.29, 0.717) is 41.8 Å². The summed E-state index contributed by atoms with van der Waals surface area (Å²) in [5.41, 5.74) is 1.16. The number of rotatable bonds is 4. The minimum Gasteiger partial charge on any atom is -0.495 e. The number of hydrogen-bond acceptors (Lipinski definition) is 6. The van der Waals surface area contributed by atoms with E-state index in [1.807, 2.05) is 12.1 Å². The SMILES string of the molecule is COc1ccccc1N1C(=O)CC(Nc2ccc3c(c2)OCCCO3)C1=O. The number of nitrogens with zero attached hydrogens (tertiary/aromatic N) is 1. The van der Waals surface area contributed by atoms with Gasteiger partial charge in [-0.15, -0.1) is 0 Å². The number of fused-ring (bicyclic) bond motifs is 1. The molecule has 2 aromatic carbocycles. The van der Waals surface area contributed by atoms with Gasteiger partial charge in [0.25, 0.3) is 5.91 Å². The molecule has 0 bridgehead atoms. The van der Waals surface area contributed by atoms with Crippen molar-refractivity contribution >= 4 is 23.2 Å². The molecule has 1 unspecified atom stereocenters. The van der Waals surface area contributed by atoms with Crippen LogP contribution >= 0.6 is 0 Å². The second-order valence-corrected chi connectivity index (χ2v) is 6.35. The number of ether oxygens (including phenoxy) is 3. The van der Waals surface area contributed by atoms with E-state index in [1.165, 1.54) is 12.0 Å². The molecule has 2 amide bonds. The average molecular weight is 368 g/mol. The number of amides is 2. The van der Waals surface area contributed by atoms with Crippen molar-refractivity contribution in [1.82, 2.24) is 0 Å². The monoisotopic (exact) mass is 368 g/mol. The van der Waals surface area contributed by atoms with Crippen molar-refractivity contribution in [3.63, 3.8) is 0 Å². The lowest BCUT2D eigenvalue weighted by Gasteiger charge is -2.18. The molecule has 2 aliphatic heterocycles. The number of benzene rings is 2. The van der Waals surface area contributed by atoms with Crippen LogP contribution < -0.4 is 24.4 Å². The molecule has 1 N–H and O–H groups in total. The highest BCUT2D eigenvalue weighted by molar-refractivity contribution is 6.23. The van der Waals surface area contributed by atoms with Gasteiger partial charge in [0, 0.05) is 18.2 Å². The maximum atomic E-state index is 12.9. The zero-order valence-corrected chi connectivity index (χ0v) is 14.9. The normalized spacial score (nSPS) is 19.0. The predicted octanol–water partition coefficient (Wildman–Crippen LogP) is 2.60. The van der Waals surface area contributed by atoms with E-state index in [9.17, 15) is 9.59 Å². The smallest absolute Gasteiger partial charge is 0.256 e. The van der Waals surface area contributed by atoms with Gasteiger partial charge in [0.15, 0.2) is 11.5 Å². The van der Waals surface area contributed by atoms with E-state index >= 15 is 0 Å². The summed E-state index contributed by atoms with van der Waals surface area (Å²) >= 11 is 0. The van der Waals surface area contributed by atoms with E-state index in [-0.39, 0.29) is 18.2 Å². The quantitative estimate of drug-likeness (QED) is 0.836. The minimum absolute atomic E-state index is 0.0747. The van der Waals surface area contributed by atoms with Crippen LogP contribution in [0.15, 0.2) is 42.5 Å². The van der Waals surface area contributed by atoms with Crippen LogP contribution in [0.25, 0.3) is 0 Å². The number of carbonyl (C=O) groups is 2. The summed E-state index contributed by atoms with van der Waals surface area (Å²) in [6.07, 6.45) is 0.895. The molecular formula is C20H20N2O5. The van der Waals surface area contributed by atoms with Gasteiger partial charge in [-0.1, -0.05) is 12.1 Å². The molecule has 140 valence electrons. The summed E-state index contributed by atoms with van der Waals surface area (Å²) < 4.78 is 16.6. The lowest BCUT2D eigenvalue weighted by atomic mass is 10.2. The van der Waals surface area contributed by atoms with Crippen molar-refractivity contribution in [3.05, 3.63) is 42.5 Å². The van der Waals surface area contributed by atoms with Gasteiger partial charge in [-0.3, -0.25) is 9.59 Å². The first-order chi connectivity index (χ1) is 13.2. The van der Waals surface area contributed by atoms with Crippen LogP contribution in [0.2, 0.25) is 0 Å². The van der Waals surface area contributed by atoms with E-state index < -0.39 is 6.04 Å². The van der Waals surface area contributed by atoms with Gasteiger partial charge in [0.2, 0.25) is 5.91 Å². The third-order valence-corrected chi connectivity index (χ3v) is 4.56. The van der Waals surface area contributed by atoms with Crippen LogP contribution in [-0.4, -0.2) is 38.2 Å². The maximum Gasteiger partial charge on any atom is 0.256 e. The summed E-state index contributed by atoms with van der Waals surface area (Å²) in [5, 5.41) is 3.14. The molecule has 2 aliphatic rings. The zero-order chi connectivity index (χ0) is 18.8. The van der Waals surface area contributed by atoms with Gasteiger partial charge in [0.05, 0.1) is 32.4 Å². The number of methoxy groups -OCH3 is 1. The Labute approximate surface area is 156 Å². The molecule has 7 heteroatoms.